The molecule has 2 rings (SSSR count). The van der Waals surface area contributed by atoms with Crippen molar-refractivity contribution in [2.75, 3.05) is 22.6 Å². The number of amides is 4. The number of aryl methyl sites for hydroxylation is 1. The number of para-hydroxylation sites is 1. The molecule has 4 amide bonds. The van der Waals surface area contributed by atoms with Crippen molar-refractivity contribution in [3.63, 3.8) is 0 Å². The highest BCUT2D eigenvalue weighted by Crippen LogP contribution is 2.15. The van der Waals surface area contributed by atoms with Gasteiger partial charge in [0.05, 0.1) is 12.8 Å². The molecule has 0 unspecified atom stereocenters. The van der Waals surface area contributed by atoms with Crippen LogP contribution in [0.2, 0.25) is 0 Å². The molecule has 0 aliphatic rings. The maximum absolute atomic E-state index is 12.5. The summed E-state index contributed by atoms with van der Waals surface area (Å²) in [5, 5.41) is 25.7. The molecule has 0 aromatic heterocycles. The fourth-order valence-electron chi connectivity index (χ4n) is 3.25. The maximum Gasteiger partial charge on any atom is 0.326 e. The van der Waals surface area contributed by atoms with Gasteiger partial charge in [-0.15, -0.1) is 0 Å². The van der Waals surface area contributed by atoms with Crippen LogP contribution < -0.4 is 26.8 Å². The molecule has 0 spiro atoms. The van der Waals surface area contributed by atoms with Gasteiger partial charge in [0.15, 0.2) is 0 Å². The number of anilines is 2. The number of carboxylic acids is 2. The van der Waals surface area contributed by atoms with E-state index in [0.717, 1.165) is 5.56 Å². The van der Waals surface area contributed by atoms with E-state index in [1.165, 1.54) is 11.8 Å². The summed E-state index contributed by atoms with van der Waals surface area (Å²) in [7, 11) is 0. The molecule has 12 nitrogen and oxygen atoms in total. The molecule has 0 fully saturated rings. The van der Waals surface area contributed by atoms with Gasteiger partial charge in [-0.1, -0.05) is 30.3 Å². The molecular weight excluding hydrogens is 514 g/mol. The van der Waals surface area contributed by atoms with Gasteiger partial charge >= 0.3 is 18.0 Å². The van der Waals surface area contributed by atoms with E-state index in [1.54, 1.807) is 30.3 Å². The molecule has 0 aliphatic carbocycles. The first kappa shape index (κ1) is 30.1. The minimum atomic E-state index is -1.60. The fraction of sp³-hybridized carbons (Fsp3) is 0.320. The van der Waals surface area contributed by atoms with E-state index in [-0.39, 0.29) is 12.8 Å². The zero-order chi connectivity index (χ0) is 28.1. The number of carbonyl (C=O) groups excluding carboxylic acids is 3. The Hall–Kier alpha value is -4.10. The van der Waals surface area contributed by atoms with Crippen molar-refractivity contribution >= 4 is 52.9 Å². The number of thioether (sulfide) groups is 1. The van der Waals surface area contributed by atoms with E-state index >= 15 is 0 Å². The van der Waals surface area contributed by atoms with Gasteiger partial charge in [0, 0.05) is 11.4 Å². The van der Waals surface area contributed by atoms with E-state index in [9.17, 15) is 24.0 Å². The van der Waals surface area contributed by atoms with Crippen molar-refractivity contribution in [1.82, 2.24) is 16.2 Å². The van der Waals surface area contributed by atoms with Crippen LogP contribution in [-0.2, 0) is 25.6 Å². The van der Waals surface area contributed by atoms with Crippen LogP contribution in [0.25, 0.3) is 0 Å². The third-order valence-electron chi connectivity index (χ3n) is 5.28. The number of benzene rings is 2. The monoisotopic (exact) mass is 545 g/mol. The van der Waals surface area contributed by atoms with Crippen LogP contribution in [-0.4, -0.2) is 64.1 Å². The van der Waals surface area contributed by atoms with Gasteiger partial charge in [0.25, 0.3) is 0 Å². The molecule has 2 aromatic carbocycles. The van der Waals surface area contributed by atoms with E-state index in [1.807, 2.05) is 31.4 Å². The second-order valence-corrected chi connectivity index (χ2v) is 9.28. The zero-order valence-corrected chi connectivity index (χ0v) is 21.8. The molecule has 0 saturated heterocycles. The first-order chi connectivity index (χ1) is 18.1. The van der Waals surface area contributed by atoms with Gasteiger partial charge in [-0.05, 0) is 54.7 Å². The topological polar surface area (TPSA) is 186 Å². The fourth-order valence-corrected chi connectivity index (χ4v) is 3.72. The van der Waals surface area contributed by atoms with Gasteiger partial charge in [-0.3, -0.25) is 19.8 Å². The quantitative estimate of drug-likeness (QED) is 0.174. The molecule has 204 valence electrons. The van der Waals surface area contributed by atoms with Crippen molar-refractivity contribution in [1.29, 1.82) is 0 Å². The first-order valence-corrected chi connectivity index (χ1v) is 13.0. The van der Waals surface area contributed by atoms with Crippen molar-refractivity contribution in [2.24, 2.45) is 0 Å². The first-order valence-electron chi connectivity index (χ1n) is 11.6. The molecule has 0 bridgehead atoms. The van der Waals surface area contributed by atoms with Gasteiger partial charge in [-0.2, -0.15) is 11.8 Å². The number of carbonyl (C=O) groups is 5. The Morgan fingerprint density at radius 2 is 1.61 bits per heavy atom. The standard InChI is InChI=1S/C25H31N5O7S/c1-15-5-3-4-6-18(15)28-25(37)26-17-9-7-16(8-10-17)13-21(31)30-29-19(11-12-38-2)23(34)27-20(24(35)36)14-22(32)33/h3-10,19-20,29H,11-14H2,1-2H3,(H,27,34)(H,30,31)(H,32,33)(H,35,36)(H2,26,28,37)/t19-,20-/m0/s1. The van der Waals surface area contributed by atoms with Crippen molar-refractivity contribution in [2.45, 2.75) is 38.3 Å². The average molecular weight is 546 g/mol. The maximum atomic E-state index is 12.5. The Kier molecular flexibility index (Phi) is 12.1. The van der Waals surface area contributed by atoms with Crippen LogP contribution in [0.1, 0.15) is 24.0 Å². The van der Waals surface area contributed by atoms with Crippen LogP contribution in [0.4, 0.5) is 16.2 Å². The van der Waals surface area contributed by atoms with Gasteiger partial charge in [0.1, 0.15) is 12.1 Å². The molecule has 38 heavy (non-hydrogen) atoms. The smallest absolute Gasteiger partial charge is 0.326 e. The number of rotatable bonds is 14. The number of hydrogen-bond donors (Lipinski definition) is 7. The average Bonchev–Trinajstić information content (AvgIpc) is 2.86. The molecular formula is C25H31N5O7S. The highest BCUT2D eigenvalue weighted by molar-refractivity contribution is 7.98. The minimum Gasteiger partial charge on any atom is -0.481 e. The molecule has 13 heteroatoms. The lowest BCUT2D eigenvalue weighted by Crippen LogP contribution is -2.55. The normalized spacial score (nSPS) is 12.1. The van der Waals surface area contributed by atoms with E-state index in [0.29, 0.717) is 22.7 Å². The predicted molar refractivity (Wildman–Crippen MR) is 144 cm³/mol. The summed E-state index contributed by atoms with van der Waals surface area (Å²) in [6.07, 6.45) is 1.28. The Morgan fingerprint density at radius 3 is 2.21 bits per heavy atom. The van der Waals surface area contributed by atoms with Crippen molar-refractivity contribution < 1.29 is 34.2 Å². The summed E-state index contributed by atoms with van der Waals surface area (Å²) in [4.78, 5) is 59.3. The third kappa shape index (κ3) is 10.5. The van der Waals surface area contributed by atoms with Crippen molar-refractivity contribution in [3.05, 3.63) is 59.7 Å². The van der Waals surface area contributed by atoms with Crippen LogP contribution in [0.15, 0.2) is 48.5 Å². The van der Waals surface area contributed by atoms with Crippen LogP contribution in [0.3, 0.4) is 0 Å². The minimum absolute atomic E-state index is 0.0314. The molecule has 0 aliphatic heterocycles. The Labute approximate surface area is 223 Å². The largest absolute Gasteiger partial charge is 0.481 e. The molecule has 2 aromatic rings. The Balaban J connectivity index is 1.89. The zero-order valence-electron chi connectivity index (χ0n) is 20.9. The molecule has 7 N–H and O–H groups in total. The third-order valence-corrected chi connectivity index (χ3v) is 5.92. The molecule has 0 radical (unpaired) electrons. The van der Waals surface area contributed by atoms with E-state index in [4.69, 9.17) is 10.2 Å². The van der Waals surface area contributed by atoms with Crippen LogP contribution in [0, 0.1) is 6.92 Å². The lowest BCUT2D eigenvalue weighted by molar-refractivity contribution is -0.147. The summed E-state index contributed by atoms with van der Waals surface area (Å²) < 4.78 is 0. The number of aliphatic carboxylic acids is 2. The number of hydrogen-bond acceptors (Lipinski definition) is 7. The van der Waals surface area contributed by atoms with E-state index in [2.05, 4.69) is 26.8 Å². The summed E-state index contributed by atoms with van der Waals surface area (Å²) in [5.74, 6) is -3.51. The summed E-state index contributed by atoms with van der Waals surface area (Å²) in [5.41, 5.74) is 7.84. The summed E-state index contributed by atoms with van der Waals surface area (Å²) in [6.45, 7) is 1.88. The second-order valence-electron chi connectivity index (χ2n) is 8.29. The number of carboxylic acid groups (broad SMARTS) is 2. The van der Waals surface area contributed by atoms with Gasteiger partial charge in [-0.25, -0.2) is 15.0 Å². The number of nitrogens with one attached hydrogen (secondary N) is 5. The highest BCUT2D eigenvalue weighted by Gasteiger charge is 2.27. The van der Waals surface area contributed by atoms with Crippen LogP contribution >= 0.6 is 11.8 Å². The second kappa shape index (κ2) is 15.2. The summed E-state index contributed by atoms with van der Waals surface area (Å²) in [6, 6.07) is 11.0. The lowest BCUT2D eigenvalue weighted by atomic mass is 10.1. The summed E-state index contributed by atoms with van der Waals surface area (Å²) >= 11 is 1.45. The Bertz CT molecular complexity index is 1140. The predicted octanol–water partition coefficient (Wildman–Crippen LogP) is 1.97. The SMILES string of the molecule is CSCC[C@H](NNC(=O)Cc1ccc(NC(=O)Nc2ccccc2C)cc1)C(=O)N[C@@H](CC(=O)O)C(=O)O. The van der Waals surface area contributed by atoms with Crippen molar-refractivity contribution in [3.8, 4) is 0 Å². The van der Waals surface area contributed by atoms with Gasteiger partial charge in [0.2, 0.25) is 11.8 Å². The molecule has 0 saturated carbocycles. The van der Waals surface area contributed by atoms with Crippen LogP contribution in [0.5, 0.6) is 0 Å². The molecule has 0 heterocycles. The lowest BCUT2D eigenvalue weighted by Gasteiger charge is -2.21. The number of urea groups is 1. The number of hydrazine groups is 1. The Morgan fingerprint density at radius 1 is 0.921 bits per heavy atom. The highest BCUT2D eigenvalue weighted by atomic mass is 32.2. The van der Waals surface area contributed by atoms with Gasteiger partial charge < -0.3 is 26.2 Å². The van der Waals surface area contributed by atoms with E-state index < -0.39 is 48.3 Å². The molecule has 2 atom stereocenters.